The summed E-state index contributed by atoms with van der Waals surface area (Å²) in [6.07, 6.45) is 1.86. The molecule has 4 heteroatoms. The van der Waals surface area contributed by atoms with Gasteiger partial charge >= 0.3 is 0 Å². The Labute approximate surface area is 172 Å². The molecular formula is C25H27NO3. The topological polar surface area (TPSA) is 47.6 Å². The minimum Gasteiger partial charge on any atom is -0.491 e. The minimum atomic E-state index is -0.216. The predicted octanol–water partition coefficient (Wildman–Crippen LogP) is 5.33. The number of nitrogens with one attached hydrogen (secondary N) is 1. The van der Waals surface area contributed by atoms with E-state index in [1.54, 1.807) is 0 Å². The summed E-state index contributed by atoms with van der Waals surface area (Å²) in [7, 11) is 0. The van der Waals surface area contributed by atoms with Crippen molar-refractivity contribution < 1.29 is 14.3 Å². The maximum Gasteiger partial charge on any atom is 0.262 e. The first-order valence-corrected chi connectivity index (χ1v) is 9.88. The lowest BCUT2D eigenvalue weighted by Gasteiger charge is -2.14. The Bertz CT molecular complexity index is 938. The highest BCUT2D eigenvalue weighted by molar-refractivity contribution is 5.93. The van der Waals surface area contributed by atoms with E-state index in [1.165, 1.54) is 5.56 Å². The van der Waals surface area contributed by atoms with Crippen molar-refractivity contribution in [2.45, 2.75) is 26.7 Å². The Kier molecular flexibility index (Phi) is 7.28. The average Bonchev–Trinajstić information content (AvgIpc) is 2.74. The van der Waals surface area contributed by atoms with Crippen molar-refractivity contribution in [3.63, 3.8) is 0 Å². The smallest absolute Gasteiger partial charge is 0.262 e. The Balaban J connectivity index is 1.50. The third kappa shape index (κ3) is 6.11. The van der Waals surface area contributed by atoms with Crippen LogP contribution in [0, 0.1) is 13.8 Å². The molecule has 0 heterocycles. The number of carbonyl (C=O) groups is 1. The van der Waals surface area contributed by atoms with E-state index in [-0.39, 0.29) is 12.5 Å². The zero-order valence-electron chi connectivity index (χ0n) is 17.0. The van der Waals surface area contributed by atoms with Gasteiger partial charge in [0.05, 0.1) is 12.3 Å². The van der Waals surface area contributed by atoms with Crippen LogP contribution in [0.3, 0.4) is 0 Å². The molecule has 0 atom stereocenters. The van der Waals surface area contributed by atoms with Gasteiger partial charge in [0.25, 0.3) is 5.91 Å². The first-order valence-electron chi connectivity index (χ1n) is 9.88. The van der Waals surface area contributed by atoms with E-state index in [1.807, 2.05) is 74.5 Å². The first kappa shape index (κ1) is 20.5. The fraction of sp³-hybridized carbons (Fsp3) is 0.240. The molecule has 0 saturated heterocycles. The lowest BCUT2D eigenvalue weighted by molar-refractivity contribution is -0.118. The maximum atomic E-state index is 12.4. The fourth-order valence-electron chi connectivity index (χ4n) is 3.01. The molecule has 0 aliphatic heterocycles. The first-order chi connectivity index (χ1) is 14.1. The lowest BCUT2D eigenvalue weighted by atomic mass is 10.1. The number of benzene rings is 3. The number of aryl methyl sites for hydroxylation is 2. The van der Waals surface area contributed by atoms with E-state index < -0.39 is 0 Å². The molecule has 0 radical (unpaired) electrons. The van der Waals surface area contributed by atoms with Gasteiger partial charge in [-0.1, -0.05) is 54.6 Å². The molecule has 4 nitrogen and oxygen atoms in total. The summed E-state index contributed by atoms with van der Waals surface area (Å²) in [6.45, 7) is 4.54. The molecule has 1 N–H and O–H groups in total. The summed E-state index contributed by atoms with van der Waals surface area (Å²) in [5, 5.41) is 2.88. The molecule has 0 saturated carbocycles. The second-order valence-corrected chi connectivity index (χ2v) is 6.97. The van der Waals surface area contributed by atoms with Crippen LogP contribution in [0.1, 0.15) is 23.1 Å². The number of para-hydroxylation sites is 2. The number of hydrogen-bond acceptors (Lipinski definition) is 3. The van der Waals surface area contributed by atoms with Crippen molar-refractivity contribution in [3.8, 4) is 11.5 Å². The second kappa shape index (κ2) is 10.3. The molecule has 0 aromatic heterocycles. The summed E-state index contributed by atoms with van der Waals surface area (Å²) in [5.74, 6) is 1.18. The summed E-state index contributed by atoms with van der Waals surface area (Å²) in [4.78, 5) is 12.4. The van der Waals surface area contributed by atoms with Gasteiger partial charge in [-0.05, 0) is 61.6 Å². The highest BCUT2D eigenvalue weighted by atomic mass is 16.5. The summed E-state index contributed by atoms with van der Waals surface area (Å²) >= 11 is 0. The number of carbonyl (C=O) groups excluding carboxylic acids is 1. The minimum absolute atomic E-state index is 0.0490. The summed E-state index contributed by atoms with van der Waals surface area (Å²) < 4.78 is 11.6. The van der Waals surface area contributed by atoms with E-state index in [0.717, 1.165) is 29.7 Å². The normalized spacial score (nSPS) is 10.4. The Morgan fingerprint density at radius 1 is 0.828 bits per heavy atom. The summed E-state index contributed by atoms with van der Waals surface area (Å²) in [6, 6.07) is 23.6. The standard InChI is InChI=1S/C25H27NO3/c1-19-10-8-16-23(20(19)2)29-18-25(27)26-22-14-6-7-15-24(22)28-17-9-13-21-11-4-3-5-12-21/h3-8,10-12,14-16H,9,13,17-18H2,1-2H3,(H,26,27). The Hall–Kier alpha value is -3.27. The van der Waals surface area contributed by atoms with Crippen molar-refractivity contribution in [2.75, 3.05) is 18.5 Å². The van der Waals surface area contributed by atoms with Crippen molar-refractivity contribution in [3.05, 3.63) is 89.5 Å². The molecule has 0 aliphatic rings. The van der Waals surface area contributed by atoms with Crippen LogP contribution in [0.2, 0.25) is 0 Å². The van der Waals surface area contributed by atoms with Crippen LogP contribution in [0.15, 0.2) is 72.8 Å². The van der Waals surface area contributed by atoms with E-state index in [2.05, 4.69) is 17.4 Å². The highest BCUT2D eigenvalue weighted by Gasteiger charge is 2.10. The van der Waals surface area contributed by atoms with Gasteiger partial charge in [-0.15, -0.1) is 0 Å². The molecule has 0 unspecified atom stereocenters. The summed E-state index contributed by atoms with van der Waals surface area (Å²) in [5.41, 5.74) is 4.13. The van der Waals surface area contributed by atoms with Crippen LogP contribution in [0.25, 0.3) is 0 Å². The van der Waals surface area contributed by atoms with Crippen LogP contribution < -0.4 is 14.8 Å². The van der Waals surface area contributed by atoms with Crippen LogP contribution in [0.4, 0.5) is 5.69 Å². The van der Waals surface area contributed by atoms with Gasteiger partial charge in [0, 0.05) is 0 Å². The van der Waals surface area contributed by atoms with E-state index in [4.69, 9.17) is 9.47 Å². The highest BCUT2D eigenvalue weighted by Crippen LogP contribution is 2.24. The third-order valence-electron chi connectivity index (χ3n) is 4.79. The SMILES string of the molecule is Cc1cccc(OCC(=O)Nc2ccccc2OCCCc2ccccc2)c1C. The average molecular weight is 389 g/mol. The van der Waals surface area contributed by atoms with Crippen molar-refractivity contribution in [1.29, 1.82) is 0 Å². The fourth-order valence-corrected chi connectivity index (χ4v) is 3.01. The van der Waals surface area contributed by atoms with Gasteiger partial charge in [-0.25, -0.2) is 0 Å². The molecule has 150 valence electrons. The third-order valence-corrected chi connectivity index (χ3v) is 4.79. The predicted molar refractivity (Wildman–Crippen MR) is 117 cm³/mol. The van der Waals surface area contributed by atoms with Crippen molar-refractivity contribution in [1.82, 2.24) is 0 Å². The molecule has 3 aromatic rings. The van der Waals surface area contributed by atoms with E-state index in [0.29, 0.717) is 18.0 Å². The molecule has 3 rings (SSSR count). The quantitative estimate of drug-likeness (QED) is 0.503. The molecule has 3 aromatic carbocycles. The van der Waals surface area contributed by atoms with E-state index in [9.17, 15) is 4.79 Å². The zero-order valence-corrected chi connectivity index (χ0v) is 17.0. The number of anilines is 1. The largest absolute Gasteiger partial charge is 0.491 e. The van der Waals surface area contributed by atoms with Gasteiger partial charge in [-0.2, -0.15) is 0 Å². The molecular weight excluding hydrogens is 362 g/mol. The second-order valence-electron chi connectivity index (χ2n) is 6.97. The number of hydrogen-bond donors (Lipinski definition) is 1. The van der Waals surface area contributed by atoms with Gasteiger partial charge in [-0.3, -0.25) is 4.79 Å². The van der Waals surface area contributed by atoms with Gasteiger partial charge < -0.3 is 14.8 Å². The molecule has 1 amide bonds. The molecule has 29 heavy (non-hydrogen) atoms. The van der Waals surface area contributed by atoms with Gasteiger partial charge in [0.2, 0.25) is 0 Å². The molecule has 0 fully saturated rings. The number of rotatable bonds is 9. The zero-order chi connectivity index (χ0) is 20.5. The number of ether oxygens (including phenoxy) is 2. The molecule has 0 bridgehead atoms. The van der Waals surface area contributed by atoms with Crippen LogP contribution >= 0.6 is 0 Å². The van der Waals surface area contributed by atoms with Crippen molar-refractivity contribution in [2.24, 2.45) is 0 Å². The van der Waals surface area contributed by atoms with Gasteiger partial charge in [0.1, 0.15) is 11.5 Å². The maximum absolute atomic E-state index is 12.4. The van der Waals surface area contributed by atoms with E-state index >= 15 is 0 Å². The monoisotopic (exact) mass is 389 g/mol. The van der Waals surface area contributed by atoms with Crippen LogP contribution in [-0.4, -0.2) is 19.1 Å². The van der Waals surface area contributed by atoms with Crippen LogP contribution in [-0.2, 0) is 11.2 Å². The lowest BCUT2D eigenvalue weighted by Crippen LogP contribution is -2.21. The molecule has 0 aliphatic carbocycles. The van der Waals surface area contributed by atoms with Crippen LogP contribution in [0.5, 0.6) is 11.5 Å². The van der Waals surface area contributed by atoms with Crippen molar-refractivity contribution >= 4 is 11.6 Å². The Morgan fingerprint density at radius 3 is 2.38 bits per heavy atom. The number of amides is 1. The molecule has 0 spiro atoms. The Morgan fingerprint density at radius 2 is 1.55 bits per heavy atom. The van der Waals surface area contributed by atoms with Gasteiger partial charge in [0.15, 0.2) is 6.61 Å².